The molecule has 0 saturated carbocycles. The number of guanidine groups is 1. The summed E-state index contributed by atoms with van der Waals surface area (Å²) in [7, 11) is 0. The van der Waals surface area contributed by atoms with Crippen LogP contribution in [0.3, 0.4) is 0 Å². The third kappa shape index (κ3) is 5.59. The second-order valence-corrected chi connectivity index (χ2v) is 7.41. The molecule has 0 atom stereocenters. The van der Waals surface area contributed by atoms with Crippen LogP contribution in [0.4, 0.5) is 0 Å². The van der Waals surface area contributed by atoms with E-state index in [1.54, 1.807) is 11.3 Å². The number of thiophene rings is 1. The lowest BCUT2D eigenvalue weighted by molar-refractivity contribution is 0.277. The van der Waals surface area contributed by atoms with Gasteiger partial charge in [0.25, 0.3) is 0 Å². The minimum Gasteiger partial charge on any atom is -0.370 e. The molecule has 1 aromatic rings. The molecule has 19 heavy (non-hydrogen) atoms. The standard InChI is InChI=1S/C13H20BrN3S.HI/c1-10-5-8-17(9-6-10)13(15)16-7-4-11-2-3-12(14)18-11;/h2-3,10H,4-9H2,1H3,(H2,15,16);1H. The van der Waals surface area contributed by atoms with Crippen molar-refractivity contribution in [3.05, 3.63) is 20.8 Å². The Morgan fingerprint density at radius 1 is 1.47 bits per heavy atom. The van der Waals surface area contributed by atoms with Gasteiger partial charge in [0.2, 0.25) is 0 Å². The summed E-state index contributed by atoms with van der Waals surface area (Å²) in [5.41, 5.74) is 6.03. The predicted molar refractivity (Wildman–Crippen MR) is 97.6 cm³/mol. The fourth-order valence-electron chi connectivity index (χ4n) is 2.10. The van der Waals surface area contributed by atoms with Crippen LogP contribution in [0.2, 0.25) is 0 Å². The molecule has 1 aromatic heterocycles. The van der Waals surface area contributed by atoms with Crippen LogP contribution in [0, 0.1) is 5.92 Å². The molecule has 2 rings (SSSR count). The normalized spacial score (nSPS) is 17.4. The van der Waals surface area contributed by atoms with Crippen molar-refractivity contribution < 1.29 is 0 Å². The summed E-state index contributed by atoms with van der Waals surface area (Å²) in [5, 5.41) is 0. The van der Waals surface area contributed by atoms with Crippen molar-refractivity contribution in [1.82, 2.24) is 4.90 Å². The number of piperidine rings is 1. The molecule has 0 unspecified atom stereocenters. The molecule has 2 heterocycles. The number of halogens is 2. The van der Waals surface area contributed by atoms with Crippen LogP contribution >= 0.6 is 51.2 Å². The zero-order chi connectivity index (χ0) is 13.0. The van der Waals surface area contributed by atoms with Gasteiger partial charge in [-0.05, 0) is 46.8 Å². The first kappa shape index (κ1) is 17.2. The van der Waals surface area contributed by atoms with E-state index < -0.39 is 0 Å². The Kier molecular flexibility index (Phi) is 7.68. The molecule has 0 bridgehead atoms. The number of nitrogens with zero attached hydrogens (tertiary/aromatic N) is 2. The van der Waals surface area contributed by atoms with E-state index in [0.717, 1.165) is 37.9 Å². The second kappa shape index (κ2) is 8.46. The quantitative estimate of drug-likeness (QED) is 0.427. The molecule has 0 aliphatic carbocycles. The molecule has 1 saturated heterocycles. The van der Waals surface area contributed by atoms with Gasteiger partial charge in [0.1, 0.15) is 0 Å². The van der Waals surface area contributed by atoms with E-state index in [4.69, 9.17) is 5.73 Å². The predicted octanol–water partition coefficient (Wildman–Crippen LogP) is 3.72. The summed E-state index contributed by atoms with van der Waals surface area (Å²) in [6.45, 7) is 5.20. The van der Waals surface area contributed by atoms with Gasteiger partial charge in [0.05, 0.1) is 3.79 Å². The minimum absolute atomic E-state index is 0. The Hall–Kier alpha value is 0.180. The number of hydrogen-bond acceptors (Lipinski definition) is 2. The molecule has 2 N–H and O–H groups in total. The third-order valence-corrected chi connectivity index (χ3v) is 5.05. The molecule has 0 radical (unpaired) electrons. The fourth-order valence-corrected chi connectivity index (χ4v) is 3.58. The number of nitrogens with two attached hydrogens (primary N) is 1. The van der Waals surface area contributed by atoms with Gasteiger partial charge >= 0.3 is 0 Å². The summed E-state index contributed by atoms with van der Waals surface area (Å²) in [6, 6.07) is 4.22. The number of likely N-dealkylation sites (tertiary alicyclic amines) is 1. The van der Waals surface area contributed by atoms with Crippen LogP contribution in [0.1, 0.15) is 24.6 Å². The molecule has 1 aliphatic heterocycles. The molecule has 3 nitrogen and oxygen atoms in total. The summed E-state index contributed by atoms with van der Waals surface area (Å²) >= 11 is 5.24. The smallest absolute Gasteiger partial charge is 0.191 e. The highest BCUT2D eigenvalue weighted by atomic mass is 127. The Balaban J connectivity index is 0.00000180. The molecule has 0 aromatic carbocycles. The van der Waals surface area contributed by atoms with Crippen molar-refractivity contribution >= 4 is 57.2 Å². The van der Waals surface area contributed by atoms with Crippen molar-refractivity contribution in [2.75, 3.05) is 19.6 Å². The van der Waals surface area contributed by atoms with Crippen molar-refractivity contribution in [2.45, 2.75) is 26.2 Å². The van der Waals surface area contributed by atoms with Gasteiger partial charge in [-0.25, -0.2) is 0 Å². The fraction of sp³-hybridized carbons (Fsp3) is 0.615. The monoisotopic (exact) mass is 457 g/mol. The van der Waals surface area contributed by atoms with Crippen molar-refractivity contribution in [2.24, 2.45) is 16.6 Å². The lowest BCUT2D eigenvalue weighted by Crippen LogP contribution is -2.42. The van der Waals surface area contributed by atoms with E-state index in [1.165, 1.54) is 21.5 Å². The van der Waals surface area contributed by atoms with Gasteiger partial charge in [0, 0.05) is 30.9 Å². The average molecular weight is 458 g/mol. The summed E-state index contributed by atoms with van der Waals surface area (Å²) in [6.07, 6.45) is 3.43. The number of aliphatic imine (C=N–C) groups is 1. The van der Waals surface area contributed by atoms with Gasteiger partial charge in [0.15, 0.2) is 5.96 Å². The molecule has 0 spiro atoms. The second-order valence-electron chi connectivity index (χ2n) is 4.87. The van der Waals surface area contributed by atoms with E-state index in [0.29, 0.717) is 0 Å². The summed E-state index contributed by atoms with van der Waals surface area (Å²) in [4.78, 5) is 8.05. The lowest BCUT2D eigenvalue weighted by Gasteiger charge is -2.31. The summed E-state index contributed by atoms with van der Waals surface area (Å²) < 4.78 is 1.18. The van der Waals surface area contributed by atoms with E-state index in [1.807, 2.05) is 0 Å². The first-order valence-electron chi connectivity index (χ1n) is 6.44. The SMILES string of the molecule is CC1CCN(C(N)=NCCc2ccc(Br)s2)CC1.I. The van der Waals surface area contributed by atoms with Crippen LogP contribution in [0.25, 0.3) is 0 Å². The molecule has 1 aliphatic rings. The van der Waals surface area contributed by atoms with Crippen LogP contribution in [-0.4, -0.2) is 30.5 Å². The Bertz CT molecular complexity index is 414. The van der Waals surface area contributed by atoms with Crippen LogP contribution in [-0.2, 0) is 6.42 Å². The highest BCUT2D eigenvalue weighted by Crippen LogP contribution is 2.22. The maximum atomic E-state index is 6.03. The third-order valence-electron chi connectivity index (χ3n) is 3.37. The zero-order valence-corrected chi connectivity index (χ0v) is 15.9. The average Bonchev–Trinajstić information content (AvgIpc) is 2.76. The maximum absolute atomic E-state index is 6.03. The zero-order valence-electron chi connectivity index (χ0n) is 11.1. The van der Waals surface area contributed by atoms with Crippen molar-refractivity contribution in [3.8, 4) is 0 Å². The largest absolute Gasteiger partial charge is 0.370 e. The Morgan fingerprint density at radius 3 is 2.74 bits per heavy atom. The maximum Gasteiger partial charge on any atom is 0.191 e. The Morgan fingerprint density at radius 2 is 2.16 bits per heavy atom. The van der Waals surface area contributed by atoms with E-state index in [2.05, 4.69) is 44.9 Å². The molecular weight excluding hydrogens is 437 g/mol. The van der Waals surface area contributed by atoms with Gasteiger partial charge < -0.3 is 10.6 Å². The van der Waals surface area contributed by atoms with Gasteiger partial charge in [-0.1, -0.05) is 6.92 Å². The van der Waals surface area contributed by atoms with Crippen molar-refractivity contribution in [3.63, 3.8) is 0 Å². The highest BCUT2D eigenvalue weighted by molar-refractivity contribution is 14.0. The van der Waals surface area contributed by atoms with Gasteiger partial charge in [-0.15, -0.1) is 35.3 Å². The highest BCUT2D eigenvalue weighted by Gasteiger charge is 2.16. The minimum atomic E-state index is 0. The Labute approximate surface area is 144 Å². The van der Waals surface area contributed by atoms with E-state index >= 15 is 0 Å². The topological polar surface area (TPSA) is 41.6 Å². The van der Waals surface area contributed by atoms with Gasteiger partial charge in [-0.2, -0.15) is 0 Å². The van der Waals surface area contributed by atoms with E-state index in [-0.39, 0.29) is 24.0 Å². The van der Waals surface area contributed by atoms with Crippen molar-refractivity contribution in [1.29, 1.82) is 0 Å². The molecule has 1 fully saturated rings. The number of hydrogen-bond donors (Lipinski definition) is 1. The first-order valence-corrected chi connectivity index (χ1v) is 8.05. The van der Waals surface area contributed by atoms with Crippen LogP contribution in [0.5, 0.6) is 0 Å². The molecule has 108 valence electrons. The number of rotatable bonds is 3. The van der Waals surface area contributed by atoms with Gasteiger partial charge in [-0.3, -0.25) is 4.99 Å². The molecule has 6 heteroatoms. The van der Waals surface area contributed by atoms with Crippen LogP contribution in [0.15, 0.2) is 20.9 Å². The first-order chi connectivity index (χ1) is 8.65. The molecular formula is C13H21BrIN3S. The molecule has 0 amide bonds. The van der Waals surface area contributed by atoms with E-state index in [9.17, 15) is 0 Å². The summed E-state index contributed by atoms with van der Waals surface area (Å²) in [5.74, 6) is 1.55. The lowest BCUT2D eigenvalue weighted by atomic mass is 10.00. The van der Waals surface area contributed by atoms with Crippen LogP contribution < -0.4 is 5.73 Å².